The molecule has 1 saturated carbocycles. The van der Waals surface area contributed by atoms with Crippen molar-refractivity contribution in [2.75, 3.05) is 13.6 Å². The molecular formula is C16H25ClN2O. The Kier molecular flexibility index (Phi) is 6.50. The summed E-state index contributed by atoms with van der Waals surface area (Å²) in [6.45, 7) is 2.71. The van der Waals surface area contributed by atoms with Gasteiger partial charge in [0, 0.05) is 13.0 Å². The van der Waals surface area contributed by atoms with Crippen LogP contribution < -0.4 is 5.73 Å². The molecule has 1 aromatic rings. The topological polar surface area (TPSA) is 46.3 Å². The van der Waals surface area contributed by atoms with Crippen LogP contribution in [0.15, 0.2) is 30.3 Å². The zero-order valence-corrected chi connectivity index (χ0v) is 13.1. The molecule has 0 bridgehead atoms. The minimum Gasteiger partial charge on any atom is -0.339 e. The van der Waals surface area contributed by atoms with Crippen LogP contribution in [0.5, 0.6) is 0 Å². The summed E-state index contributed by atoms with van der Waals surface area (Å²) in [6.07, 6.45) is 3.22. The van der Waals surface area contributed by atoms with Crippen LogP contribution in [0.3, 0.4) is 0 Å². The number of hydrogen-bond acceptors (Lipinski definition) is 2. The standard InChI is InChI=1S/C16H24N2O.ClH/c1-12(13-7-4-3-5-8-13)18(2)16(19)15-10-6-9-14(15)11-17;/h3-5,7-8,12,14-15H,6,9-11,17H2,1-2H3;1H/t12?,14-,15-;/m1./s1. The molecule has 1 aliphatic rings. The van der Waals surface area contributed by atoms with E-state index in [1.807, 2.05) is 30.1 Å². The van der Waals surface area contributed by atoms with Gasteiger partial charge in [0.15, 0.2) is 0 Å². The van der Waals surface area contributed by atoms with Crippen LogP contribution in [-0.2, 0) is 4.79 Å². The van der Waals surface area contributed by atoms with Crippen LogP contribution >= 0.6 is 12.4 Å². The molecule has 0 saturated heterocycles. The lowest BCUT2D eigenvalue weighted by molar-refractivity contribution is -0.137. The van der Waals surface area contributed by atoms with Crippen LogP contribution in [0.1, 0.15) is 37.8 Å². The number of amides is 1. The number of rotatable bonds is 4. The van der Waals surface area contributed by atoms with E-state index >= 15 is 0 Å². The Bertz CT molecular complexity index is 424. The average molecular weight is 297 g/mol. The predicted octanol–water partition coefficient (Wildman–Crippen LogP) is 3.00. The van der Waals surface area contributed by atoms with Crippen molar-refractivity contribution in [3.63, 3.8) is 0 Å². The van der Waals surface area contributed by atoms with Crippen molar-refractivity contribution in [3.8, 4) is 0 Å². The molecule has 2 rings (SSSR count). The maximum atomic E-state index is 12.6. The van der Waals surface area contributed by atoms with Gasteiger partial charge < -0.3 is 10.6 Å². The minimum atomic E-state index is 0. The number of carbonyl (C=O) groups excluding carboxylic acids is 1. The molecule has 2 N–H and O–H groups in total. The Hall–Kier alpha value is -1.06. The third-order valence-corrected chi connectivity index (χ3v) is 4.49. The molecule has 0 spiro atoms. The van der Waals surface area contributed by atoms with Gasteiger partial charge in [-0.05, 0) is 37.8 Å². The molecule has 0 radical (unpaired) electrons. The summed E-state index contributed by atoms with van der Waals surface area (Å²) in [5.41, 5.74) is 6.96. The zero-order chi connectivity index (χ0) is 13.8. The van der Waals surface area contributed by atoms with E-state index in [0.717, 1.165) is 19.3 Å². The summed E-state index contributed by atoms with van der Waals surface area (Å²) in [7, 11) is 1.91. The summed E-state index contributed by atoms with van der Waals surface area (Å²) < 4.78 is 0. The summed E-state index contributed by atoms with van der Waals surface area (Å²) in [6, 6.07) is 10.3. The van der Waals surface area contributed by atoms with E-state index in [0.29, 0.717) is 12.5 Å². The van der Waals surface area contributed by atoms with E-state index in [1.54, 1.807) is 0 Å². The van der Waals surface area contributed by atoms with Crippen molar-refractivity contribution in [1.29, 1.82) is 0 Å². The number of nitrogens with two attached hydrogens (primary N) is 1. The maximum absolute atomic E-state index is 12.6. The normalized spacial score (nSPS) is 22.9. The largest absolute Gasteiger partial charge is 0.339 e. The van der Waals surface area contributed by atoms with Gasteiger partial charge in [0.2, 0.25) is 5.91 Å². The molecule has 1 amide bonds. The fourth-order valence-electron chi connectivity index (χ4n) is 3.05. The first-order valence-corrected chi connectivity index (χ1v) is 7.16. The number of carbonyl (C=O) groups is 1. The molecule has 3 nitrogen and oxygen atoms in total. The lowest BCUT2D eigenvalue weighted by Gasteiger charge is -2.30. The van der Waals surface area contributed by atoms with Gasteiger partial charge in [-0.3, -0.25) is 4.79 Å². The van der Waals surface area contributed by atoms with Crippen molar-refractivity contribution >= 4 is 18.3 Å². The number of hydrogen-bond donors (Lipinski definition) is 1. The Morgan fingerprint density at radius 3 is 2.60 bits per heavy atom. The van der Waals surface area contributed by atoms with Gasteiger partial charge in [-0.15, -0.1) is 12.4 Å². The Labute approximate surface area is 127 Å². The van der Waals surface area contributed by atoms with Gasteiger partial charge in [0.05, 0.1) is 6.04 Å². The average Bonchev–Trinajstić information content (AvgIpc) is 2.94. The molecule has 112 valence electrons. The van der Waals surface area contributed by atoms with Gasteiger partial charge in [-0.2, -0.15) is 0 Å². The summed E-state index contributed by atoms with van der Waals surface area (Å²) in [4.78, 5) is 14.5. The third-order valence-electron chi connectivity index (χ3n) is 4.49. The van der Waals surface area contributed by atoms with Crippen LogP contribution in [-0.4, -0.2) is 24.4 Å². The molecule has 0 heterocycles. The van der Waals surface area contributed by atoms with Crippen LogP contribution in [0, 0.1) is 11.8 Å². The molecule has 20 heavy (non-hydrogen) atoms. The highest BCUT2D eigenvalue weighted by Gasteiger charge is 2.34. The Balaban J connectivity index is 0.00000200. The summed E-state index contributed by atoms with van der Waals surface area (Å²) >= 11 is 0. The zero-order valence-electron chi connectivity index (χ0n) is 12.3. The van der Waals surface area contributed by atoms with Crippen molar-refractivity contribution in [2.24, 2.45) is 17.6 Å². The highest BCUT2D eigenvalue weighted by Crippen LogP contribution is 2.33. The van der Waals surface area contributed by atoms with E-state index in [4.69, 9.17) is 5.73 Å². The van der Waals surface area contributed by atoms with Crippen molar-refractivity contribution < 1.29 is 4.79 Å². The number of nitrogens with zero attached hydrogens (tertiary/aromatic N) is 1. The van der Waals surface area contributed by atoms with Gasteiger partial charge in [0.25, 0.3) is 0 Å². The first-order chi connectivity index (χ1) is 9.15. The molecule has 1 aromatic carbocycles. The van der Waals surface area contributed by atoms with Crippen molar-refractivity contribution in [3.05, 3.63) is 35.9 Å². The third kappa shape index (κ3) is 3.53. The second-order valence-corrected chi connectivity index (χ2v) is 5.57. The number of benzene rings is 1. The van der Waals surface area contributed by atoms with E-state index in [-0.39, 0.29) is 30.3 Å². The van der Waals surface area contributed by atoms with Crippen LogP contribution in [0.4, 0.5) is 0 Å². The highest BCUT2D eigenvalue weighted by atomic mass is 35.5. The van der Waals surface area contributed by atoms with Crippen molar-refractivity contribution in [2.45, 2.75) is 32.2 Å². The fourth-order valence-corrected chi connectivity index (χ4v) is 3.05. The molecule has 1 fully saturated rings. The summed E-state index contributed by atoms with van der Waals surface area (Å²) in [5, 5.41) is 0. The fraction of sp³-hybridized carbons (Fsp3) is 0.562. The predicted molar refractivity (Wildman–Crippen MR) is 84.8 cm³/mol. The smallest absolute Gasteiger partial charge is 0.226 e. The molecular weight excluding hydrogens is 272 g/mol. The van der Waals surface area contributed by atoms with Gasteiger partial charge in [-0.1, -0.05) is 36.8 Å². The SMILES string of the molecule is CC(c1ccccc1)N(C)C(=O)[C@@H]1CCC[C@@H]1CN.Cl. The Morgan fingerprint density at radius 1 is 1.35 bits per heavy atom. The van der Waals surface area contributed by atoms with Crippen LogP contribution in [0.2, 0.25) is 0 Å². The van der Waals surface area contributed by atoms with Gasteiger partial charge in [-0.25, -0.2) is 0 Å². The molecule has 0 aliphatic heterocycles. The molecule has 3 atom stereocenters. The highest BCUT2D eigenvalue weighted by molar-refractivity contribution is 5.85. The second kappa shape index (κ2) is 7.65. The van der Waals surface area contributed by atoms with E-state index in [1.165, 1.54) is 5.56 Å². The second-order valence-electron chi connectivity index (χ2n) is 5.57. The molecule has 1 unspecified atom stereocenters. The van der Waals surface area contributed by atoms with Crippen LogP contribution in [0.25, 0.3) is 0 Å². The van der Waals surface area contributed by atoms with Gasteiger partial charge in [0.1, 0.15) is 0 Å². The molecule has 4 heteroatoms. The molecule has 0 aromatic heterocycles. The van der Waals surface area contributed by atoms with E-state index < -0.39 is 0 Å². The van der Waals surface area contributed by atoms with Crippen molar-refractivity contribution in [1.82, 2.24) is 4.90 Å². The van der Waals surface area contributed by atoms with E-state index in [9.17, 15) is 4.79 Å². The first kappa shape index (κ1) is 17.0. The van der Waals surface area contributed by atoms with Gasteiger partial charge >= 0.3 is 0 Å². The first-order valence-electron chi connectivity index (χ1n) is 7.16. The minimum absolute atomic E-state index is 0. The quantitative estimate of drug-likeness (QED) is 0.928. The van der Waals surface area contributed by atoms with E-state index in [2.05, 4.69) is 19.1 Å². The summed E-state index contributed by atoms with van der Waals surface area (Å²) in [5.74, 6) is 0.753. The lowest BCUT2D eigenvalue weighted by Crippen LogP contribution is -2.38. The molecule has 1 aliphatic carbocycles. The lowest BCUT2D eigenvalue weighted by atomic mass is 9.94. The maximum Gasteiger partial charge on any atom is 0.226 e. The Morgan fingerprint density at radius 2 is 2.00 bits per heavy atom. The monoisotopic (exact) mass is 296 g/mol. The number of halogens is 1.